The Hall–Kier alpha value is -1.56. The van der Waals surface area contributed by atoms with Crippen LogP contribution in [0, 0.1) is 0 Å². The molecule has 22 heavy (non-hydrogen) atoms. The second kappa shape index (κ2) is 7.13. The summed E-state index contributed by atoms with van der Waals surface area (Å²) in [5.41, 5.74) is 0.526. The third kappa shape index (κ3) is 4.00. The Morgan fingerprint density at radius 3 is 2.36 bits per heavy atom. The van der Waals surface area contributed by atoms with Crippen molar-refractivity contribution >= 4 is 21.6 Å². The molecule has 0 aliphatic heterocycles. The van der Waals surface area contributed by atoms with Crippen LogP contribution in [0.25, 0.3) is 0 Å². The Balaban J connectivity index is 2.25. The number of sulfonamides is 1. The second-order valence-electron chi connectivity index (χ2n) is 5.81. The lowest BCUT2D eigenvalue weighted by Crippen LogP contribution is -2.51. The number of amides is 1. The highest BCUT2D eigenvalue weighted by Gasteiger charge is 2.32. The number of carbonyl (C=O) groups excluding carboxylic acids is 1. The van der Waals surface area contributed by atoms with Crippen LogP contribution < -0.4 is 9.62 Å². The van der Waals surface area contributed by atoms with E-state index in [-0.39, 0.29) is 11.9 Å². The molecule has 6 heteroatoms. The molecule has 2 rings (SSSR count). The zero-order chi connectivity index (χ0) is 16.2. The van der Waals surface area contributed by atoms with Gasteiger partial charge in [0.25, 0.3) is 0 Å². The minimum Gasteiger partial charge on any atom is -0.352 e. The van der Waals surface area contributed by atoms with E-state index in [9.17, 15) is 13.2 Å². The zero-order valence-electron chi connectivity index (χ0n) is 13.2. The molecular weight excluding hydrogens is 300 g/mol. The molecule has 1 amide bonds. The normalized spacial score (nSPS) is 17.2. The van der Waals surface area contributed by atoms with Crippen LogP contribution in [0.1, 0.15) is 39.0 Å². The van der Waals surface area contributed by atoms with Crippen LogP contribution in [-0.2, 0) is 14.8 Å². The van der Waals surface area contributed by atoms with Gasteiger partial charge in [-0.3, -0.25) is 9.10 Å². The largest absolute Gasteiger partial charge is 0.352 e. The average molecular weight is 324 g/mol. The van der Waals surface area contributed by atoms with Gasteiger partial charge in [-0.1, -0.05) is 38.0 Å². The lowest BCUT2D eigenvalue weighted by molar-refractivity contribution is -0.122. The maximum atomic E-state index is 12.6. The summed E-state index contributed by atoms with van der Waals surface area (Å²) in [5, 5.41) is 3.01. The standard InChI is InChI=1S/C16H24N2O3S/c1-3-15(16(19)17-13-9-7-8-10-13)18(22(2,20)21)14-11-5-4-6-12-14/h4-6,11-13,15H,3,7-10H2,1-2H3,(H,17,19). The summed E-state index contributed by atoms with van der Waals surface area (Å²) in [5.74, 6) is -0.205. The van der Waals surface area contributed by atoms with Crippen molar-refractivity contribution in [2.75, 3.05) is 10.6 Å². The summed E-state index contributed by atoms with van der Waals surface area (Å²) in [6.45, 7) is 1.83. The van der Waals surface area contributed by atoms with E-state index in [4.69, 9.17) is 0 Å². The molecule has 0 saturated heterocycles. The SMILES string of the molecule is CCC(C(=O)NC1CCCC1)N(c1ccccc1)S(C)(=O)=O. The Bertz CT molecular complexity index is 595. The Labute approximate surface area is 132 Å². The molecule has 1 saturated carbocycles. The van der Waals surface area contributed by atoms with Crippen LogP contribution in [0.2, 0.25) is 0 Å². The van der Waals surface area contributed by atoms with Crippen LogP contribution >= 0.6 is 0 Å². The number of benzene rings is 1. The van der Waals surface area contributed by atoms with Crippen molar-refractivity contribution in [2.45, 2.75) is 51.1 Å². The molecule has 1 aromatic rings. The zero-order valence-corrected chi connectivity index (χ0v) is 14.0. The fourth-order valence-electron chi connectivity index (χ4n) is 3.00. The van der Waals surface area contributed by atoms with Crippen molar-refractivity contribution < 1.29 is 13.2 Å². The molecular formula is C16H24N2O3S. The third-order valence-corrected chi connectivity index (χ3v) is 5.22. The molecule has 0 aromatic heterocycles. The van der Waals surface area contributed by atoms with Crippen molar-refractivity contribution in [2.24, 2.45) is 0 Å². The van der Waals surface area contributed by atoms with Gasteiger partial charge in [0, 0.05) is 6.04 Å². The van der Waals surface area contributed by atoms with E-state index in [2.05, 4.69) is 5.32 Å². The number of hydrogen-bond donors (Lipinski definition) is 1. The van der Waals surface area contributed by atoms with Crippen LogP contribution in [0.4, 0.5) is 5.69 Å². The number of nitrogens with one attached hydrogen (secondary N) is 1. The van der Waals surface area contributed by atoms with Crippen LogP contribution in [-0.4, -0.2) is 32.7 Å². The summed E-state index contributed by atoms with van der Waals surface area (Å²) < 4.78 is 25.7. The van der Waals surface area contributed by atoms with Crippen LogP contribution in [0.15, 0.2) is 30.3 Å². The van der Waals surface area contributed by atoms with Crippen molar-refractivity contribution in [3.8, 4) is 0 Å². The van der Waals surface area contributed by atoms with Crippen molar-refractivity contribution in [3.63, 3.8) is 0 Å². The van der Waals surface area contributed by atoms with Crippen molar-refractivity contribution in [1.82, 2.24) is 5.32 Å². The summed E-state index contributed by atoms with van der Waals surface area (Å²) in [6.07, 6.45) is 5.78. The van der Waals surface area contributed by atoms with Gasteiger partial charge in [-0.15, -0.1) is 0 Å². The maximum absolute atomic E-state index is 12.6. The quantitative estimate of drug-likeness (QED) is 0.873. The topological polar surface area (TPSA) is 66.5 Å². The molecule has 1 aliphatic carbocycles. The molecule has 0 radical (unpaired) electrons. The summed E-state index contributed by atoms with van der Waals surface area (Å²) in [6, 6.07) is 8.27. The highest BCUT2D eigenvalue weighted by atomic mass is 32.2. The van der Waals surface area contributed by atoms with Gasteiger partial charge in [-0.25, -0.2) is 8.42 Å². The number of carbonyl (C=O) groups is 1. The van der Waals surface area contributed by atoms with Crippen molar-refractivity contribution in [1.29, 1.82) is 0 Å². The van der Waals surface area contributed by atoms with E-state index in [1.807, 2.05) is 13.0 Å². The molecule has 0 heterocycles. The van der Waals surface area contributed by atoms with Crippen LogP contribution in [0.3, 0.4) is 0 Å². The van der Waals surface area contributed by atoms with E-state index in [0.717, 1.165) is 31.9 Å². The fourth-order valence-corrected chi connectivity index (χ4v) is 4.21. The number of hydrogen-bond acceptors (Lipinski definition) is 3. The minimum absolute atomic E-state index is 0.179. The van der Waals surface area contributed by atoms with Gasteiger partial charge in [0.05, 0.1) is 11.9 Å². The summed E-state index contributed by atoms with van der Waals surface area (Å²) in [4.78, 5) is 12.6. The lowest BCUT2D eigenvalue weighted by atomic mass is 10.1. The average Bonchev–Trinajstić information content (AvgIpc) is 2.96. The molecule has 0 spiro atoms. The molecule has 122 valence electrons. The van der Waals surface area contributed by atoms with Gasteiger partial charge >= 0.3 is 0 Å². The van der Waals surface area contributed by atoms with E-state index in [1.165, 1.54) is 4.31 Å². The Kier molecular flexibility index (Phi) is 5.45. The molecule has 1 atom stereocenters. The highest BCUT2D eigenvalue weighted by Crippen LogP contribution is 2.23. The van der Waals surface area contributed by atoms with E-state index >= 15 is 0 Å². The Morgan fingerprint density at radius 2 is 1.86 bits per heavy atom. The van der Waals surface area contributed by atoms with E-state index in [0.29, 0.717) is 12.1 Å². The van der Waals surface area contributed by atoms with E-state index < -0.39 is 16.1 Å². The molecule has 1 aliphatic rings. The second-order valence-corrected chi connectivity index (χ2v) is 7.67. The molecule has 5 nitrogen and oxygen atoms in total. The monoisotopic (exact) mass is 324 g/mol. The minimum atomic E-state index is -3.54. The van der Waals surface area contributed by atoms with Crippen molar-refractivity contribution in [3.05, 3.63) is 30.3 Å². The van der Waals surface area contributed by atoms with Gasteiger partial charge in [-0.2, -0.15) is 0 Å². The van der Waals surface area contributed by atoms with Crippen LogP contribution in [0.5, 0.6) is 0 Å². The predicted octanol–water partition coefficient (Wildman–Crippen LogP) is 2.29. The first-order valence-corrected chi connectivity index (χ1v) is 9.63. The van der Waals surface area contributed by atoms with Gasteiger partial charge < -0.3 is 5.32 Å². The predicted molar refractivity (Wildman–Crippen MR) is 88.2 cm³/mol. The molecule has 0 bridgehead atoms. The van der Waals surface area contributed by atoms with Gasteiger partial charge in [0.1, 0.15) is 6.04 Å². The van der Waals surface area contributed by atoms with Gasteiger partial charge in [0.15, 0.2) is 0 Å². The maximum Gasteiger partial charge on any atom is 0.244 e. The first-order chi connectivity index (χ1) is 10.4. The molecule has 1 aromatic carbocycles. The summed E-state index contributed by atoms with van der Waals surface area (Å²) >= 11 is 0. The first kappa shape index (κ1) is 16.8. The first-order valence-electron chi connectivity index (χ1n) is 7.78. The highest BCUT2D eigenvalue weighted by molar-refractivity contribution is 7.92. The summed E-state index contributed by atoms with van der Waals surface area (Å²) in [7, 11) is -3.54. The lowest BCUT2D eigenvalue weighted by Gasteiger charge is -2.31. The fraction of sp³-hybridized carbons (Fsp3) is 0.562. The number of rotatable bonds is 6. The van der Waals surface area contributed by atoms with Gasteiger partial charge in [0.2, 0.25) is 15.9 Å². The number of para-hydroxylation sites is 1. The number of nitrogens with zero attached hydrogens (tertiary/aromatic N) is 1. The molecule has 1 unspecified atom stereocenters. The number of anilines is 1. The smallest absolute Gasteiger partial charge is 0.244 e. The molecule has 1 fully saturated rings. The van der Waals surface area contributed by atoms with Gasteiger partial charge in [-0.05, 0) is 31.4 Å². The Morgan fingerprint density at radius 1 is 1.27 bits per heavy atom. The third-order valence-electron chi connectivity index (χ3n) is 4.04. The molecule has 1 N–H and O–H groups in total. The van der Waals surface area contributed by atoms with E-state index in [1.54, 1.807) is 24.3 Å².